The molecule has 0 saturated carbocycles. The number of nitrogen functional groups attached to an aromatic ring is 1. The molecule has 4 heteroatoms. The summed E-state index contributed by atoms with van der Waals surface area (Å²) in [6.45, 7) is 0. The van der Waals surface area contributed by atoms with Gasteiger partial charge in [0, 0.05) is 18.0 Å². The molecule has 12 heavy (non-hydrogen) atoms. The van der Waals surface area contributed by atoms with E-state index in [0.717, 1.165) is 11.3 Å². The lowest BCUT2D eigenvalue weighted by Crippen LogP contribution is -1.92. The summed E-state index contributed by atoms with van der Waals surface area (Å²) < 4.78 is 0. The summed E-state index contributed by atoms with van der Waals surface area (Å²) in [6.07, 6.45) is 3.70. The van der Waals surface area contributed by atoms with Crippen LogP contribution < -0.4 is 5.73 Å². The van der Waals surface area contributed by atoms with Crippen molar-refractivity contribution < 1.29 is 0 Å². The number of H-pyrrole nitrogens is 1. The van der Waals surface area contributed by atoms with Crippen LogP contribution in [-0.4, -0.2) is 15.2 Å². The number of hydrogen-bond acceptors (Lipinski definition) is 3. The Kier molecular flexibility index (Phi) is 1.51. The maximum atomic E-state index is 5.40. The van der Waals surface area contributed by atoms with Gasteiger partial charge in [-0.1, -0.05) is 0 Å². The van der Waals surface area contributed by atoms with E-state index in [4.69, 9.17) is 5.73 Å². The van der Waals surface area contributed by atoms with Crippen molar-refractivity contribution in [2.24, 2.45) is 0 Å². The highest BCUT2D eigenvalue weighted by Gasteiger charge is 1.98. The highest BCUT2D eigenvalue weighted by Crippen LogP contribution is 2.14. The first-order valence-electron chi connectivity index (χ1n) is 3.58. The van der Waals surface area contributed by atoms with Gasteiger partial charge in [0.2, 0.25) is 0 Å². The molecule has 0 fully saturated rings. The number of anilines is 1. The van der Waals surface area contributed by atoms with E-state index in [0.29, 0.717) is 5.82 Å². The first kappa shape index (κ1) is 6.84. The molecule has 2 rings (SSSR count). The Balaban J connectivity index is 2.43. The summed E-state index contributed by atoms with van der Waals surface area (Å²) in [5.41, 5.74) is 7.24. The van der Waals surface area contributed by atoms with Crippen LogP contribution in [0.3, 0.4) is 0 Å². The maximum Gasteiger partial charge on any atom is 0.146 e. The third kappa shape index (κ3) is 1.14. The number of aromatic amines is 1. The quantitative estimate of drug-likeness (QED) is 0.655. The topological polar surface area (TPSA) is 67.6 Å². The molecule has 0 bridgehead atoms. The van der Waals surface area contributed by atoms with Gasteiger partial charge in [0.1, 0.15) is 5.82 Å². The maximum absolute atomic E-state index is 5.40. The lowest BCUT2D eigenvalue weighted by molar-refractivity contribution is 1.05. The van der Waals surface area contributed by atoms with Gasteiger partial charge >= 0.3 is 0 Å². The molecule has 0 atom stereocenters. The number of aromatic nitrogens is 3. The molecule has 0 radical (unpaired) electrons. The molecule has 0 aliphatic carbocycles. The molecule has 60 valence electrons. The fraction of sp³-hybridized carbons (Fsp3) is 0. The Morgan fingerprint density at radius 3 is 2.67 bits per heavy atom. The van der Waals surface area contributed by atoms with Gasteiger partial charge in [-0.25, -0.2) is 0 Å². The fourth-order valence-corrected chi connectivity index (χ4v) is 0.980. The van der Waals surface area contributed by atoms with Gasteiger partial charge in [-0.3, -0.25) is 0 Å². The molecule has 0 aliphatic rings. The lowest BCUT2D eigenvalue weighted by atomic mass is 10.2. The Labute approximate surface area is 69.4 Å². The largest absolute Gasteiger partial charge is 0.382 e. The van der Waals surface area contributed by atoms with Gasteiger partial charge in [0.05, 0.1) is 5.69 Å². The number of nitrogens with zero attached hydrogens (tertiary/aromatic N) is 2. The highest BCUT2D eigenvalue weighted by atomic mass is 15.1. The van der Waals surface area contributed by atoms with E-state index in [-0.39, 0.29) is 0 Å². The zero-order valence-electron chi connectivity index (χ0n) is 6.36. The summed E-state index contributed by atoms with van der Waals surface area (Å²) in [5, 5.41) is 7.67. The van der Waals surface area contributed by atoms with Crippen LogP contribution in [0.25, 0.3) is 11.3 Å². The number of rotatable bonds is 1. The molecular formula is C8H8N4. The lowest BCUT2D eigenvalue weighted by Gasteiger charge is -1.94. The van der Waals surface area contributed by atoms with Gasteiger partial charge in [0.15, 0.2) is 0 Å². The van der Waals surface area contributed by atoms with E-state index in [1.165, 1.54) is 0 Å². The monoisotopic (exact) mass is 160 g/mol. The second-order valence-corrected chi connectivity index (χ2v) is 2.44. The molecule has 0 amide bonds. The zero-order chi connectivity index (χ0) is 8.39. The normalized spacial score (nSPS) is 10.0. The van der Waals surface area contributed by atoms with E-state index >= 15 is 0 Å². The number of nitrogens with two attached hydrogens (primary N) is 1. The van der Waals surface area contributed by atoms with Crippen LogP contribution in [0.4, 0.5) is 5.82 Å². The zero-order valence-corrected chi connectivity index (χ0v) is 6.36. The van der Waals surface area contributed by atoms with E-state index in [2.05, 4.69) is 15.2 Å². The SMILES string of the molecule is Nc1ccc(-c2cc[nH]c2)nn1. The smallest absolute Gasteiger partial charge is 0.146 e. The van der Waals surface area contributed by atoms with Crippen molar-refractivity contribution in [3.63, 3.8) is 0 Å². The molecule has 0 spiro atoms. The minimum atomic E-state index is 0.439. The van der Waals surface area contributed by atoms with E-state index in [9.17, 15) is 0 Å². The van der Waals surface area contributed by atoms with Gasteiger partial charge in [-0.2, -0.15) is 0 Å². The Morgan fingerprint density at radius 2 is 2.08 bits per heavy atom. The average molecular weight is 160 g/mol. The Hall–Kier alpha value is -1.84. The van der Waals surface area contributed by atoms with Crippen molar-refractivity contribution in [1.82, 2.24) is 15.2 Å². The summed E-state index contributed by atoms with van der Waals surface area (Å²) in [4.78, 5) is 2.94. The Bertz CT molecular complexity index is 349. The van der Waals surface area contributed by atoms with Gasteiger partial charge in [-0.15, -0.1) is 10.2 Å². The first-order chi connectivity index (χ1) is 5.86. The van der Waals surface area contributed by atoms with Crippen LogP contribution in [0.15, 0.2) is 30.6 Å². The van der Waals surface area contributed by atoms with Crippen LogP contribution >= 0.6 is 0 Å². The molecule has 0 unspecified atom stereocenters. The van der Waals surface area contributed by atoms with E-state index in [1.807, 2.05) is 24.5 Å². The van der Waals surface area contributed by atoms with E-state index in [1.54, 1.807) is 6.07 Å². The van der Waals surface area contributed by atoms with Gasteiger partial charge < -0.3 is 10.7 Å². The molecule has 2 heterocycles. The molecule has 2 aromatic heterocycles. The minimum absolute atomic E-state index is 0.439. The predicted octanol–water partition coefficient (Wildman–Crippen LogP) is 1.05. The van der Waals surface area contributed by atoms with E-state index < -0.39 is 0 Å². The van der Waals surface area contributed by atoms with Crippen molar-refractivity contribution in [1.29, 1.82) is 0 Å². The summed E-state index contributed by atoms with van der Waals surface area (Å²) >= 11 is 0. The van der Waals surface area contributed by atoms with Crippen LogP contribution in [0.2, 0.25) is 0 Å². The average Bonchev–Trinajstić information content (AvgIpc) is 2.58. The predicted molar refractivity (Wildman–Crippen MR) is 46.2 cm³/mol. The highest BCUT2D eigenvalue weighted by molar-refractivity contribution is 5.57. The first-order valence-corrected chi connectivity index (χ1v) is 3.58. The summed E-state index contributed by atoms with van der Waals surface area (Å²) in [7, 11) is 0. The summed E-state index contributed by atoms with van der Waals surface area (Å²) in [5.74, 6) is 0.439. The van der Waals surface area contributed by atoms with Crippen molar-refractivity contribution >= 4 is 5.82 Å². The standard InChI is InChI=1S/C8H8N4/c9-8-2-1-7(11-12-8)6-3-4-10-5-6/h1-5,10H,(H2,9,12). The Morgan fingerprint density at radius 1 is 1.17 bits per heavy atom. The van der Waals surface area contributed by atoms with Crippen molar-refractivity contribution in [2.45, 2.75) is 0 Å². The van der Waals surface area contributed by atoms with Crippen molar-refractivity contribution in [3.05, 3.63) is 30.6 Å². The third-order valence-corrected chi connectivity index (χ3v) is 1.58. The number of nitrogens with one attached hydrogen (secondary N) is 1. The molecule has 2 aromatic rings. The van der Waals surface area contributed by atoms with Gasteiger partial charge in [-0.05, 0) is 18.2 Å². The molecular weight excluding hydrogens is 152 g/mol. The molecule has 0 saturated heterocycles. The van der Waals surface area contributed by atoms with Gasteiger partial charge in [0.25, 0.3) is 0 Å². The second-order valence-electron chi connectivity index (χ2n) is 2.44. The molecule has 3 N–H and O–H groups in total. The van der Waals surface area contributed by atoms with Crippen LogP contribution in [0.5, 0.6) is 0 Å². The fourth-order valence-electron chi connectivity index (χ4n) is 0.980. The molecule has 0 aromatic carbocycles. The summed E-state index contributed by atoms with van der Waals surface area (Å²) in [6, 6.07) is 5.50. The van der Waals surface area contributed by atoms with Crippen LogP contribution in [0, 0.1) is 0 Å². The number of hydrogen-bond donors (Lipinski definition) is 2. The minimum Gasteiger partial charge on any atom is -0.382 e. The van der Waals surface area contributed by atoms with Crippen molar-refractivity contribution in [3.8, 4) is 11.3 Å². The molecule has 0 aliphatic heterocycles. The van der Waals surface area contributed by atoms with Crippen LogP contribution in [-0.2, 0) is 0 Å². The third-order valence-electron chi connectivity index (χ3n) is 1.58. The van der Waals surface area contributed by atoms with Crippen molar-refractivity contribution in [2.75, 3.05) is 5.73 Å². The molecule has 4 nitrogen and oxygen atoms in total. The van der Waals surface area contributed by atoms with Crippen LogP contribution in [0.1, 0.15) is 0 Å². The second kappa shape index (κ2) is 2.65.